The van der Waals surface area contributed by atoms with Gasteiger partial charge in [-0.15, -0.1) is 16.9 Å². The summed E-state index contributed by atoms with van der Waals surface area (Å²) in [7, 11) is 0. The van der Waals surface area contributed by atoms with Crippen LogP contribution in [0.4, 0.5) is 5.69 Å². The van der Waals surface area contributed by atoms with Crippen molar-refractivity contribution >= 4 is 23.4 Å². The van der Waals surface area contributed by atoms with Crippen LogP contribution < -0.4 is 5.32 Å². The molecule has 0 saturated carbocycles. The Morgan fingerprint density at radius 3 is 2.83 bits per heavy atom. The topological polar surface area (TPSA) is 59.8 Å². The number of carbonyl (C=O) groups excluding carboxylic acids is 1. The summed E-state index contributed by atoms with van der Waals surface area (Å²) in [5, 5.41) is 10.7. The first kappa shape index (κ1) is 16.3. The Morgan fingerprint density at radius 1 is 1.21 bits per heavy atom. The molecule has 0 fully saturated rings. The molecule has 1 N–H and O–H groups in total. The van der Waals surface area contributed by atoms with Gasteiger partial charge in [-0.2, -0.15) is 0 Å². The van der Waals surface area contributed by atoms with Crippen LogP contribution in [0.5, 0.6) is 0 Å². The van der Waals surface area contributed by atoms with Crippen molar-refractivity contribution in [2.24, 2.45) is 0 Å². The molecular weight excluding hydrogens is 320 g/mol. The summed E-state index contributed by atoms with van der Waals surface area (Å²) in [6.45, 7) is 4.11. The first-order chi connectivity index (χ1) is 11.6. The molecular formula is C18H18N4OS. The van der Waals surface area contributed by atoms with E-state index in [1.807, 2.05) is 24.3 Å². The van der Waals surface area contributed by atoms with E-state index >= 15 is 0 Å². The Morgan fingerprint density at radius 2 is 2.04 bits per heavy atom. The van der Waals surface area contributed by atoms with Crippen LogP contribution >= 0.6 is 11.8 Å². The van der Waals surface area contributed by atoms with Gasteiger partial charge in [0.2, 0.25) is 5.91 Å². The molecule has 0 spiro atoms. The monoisotopic (exact) mass is 338 g/mol. The lowest BCUT2D eigenvalue weighted by Gasteiger charge is -2.11. The molecule has 0 saturated heterocycles. The van der Waals surface area contributed by atoms with Crippen LogP contribution in [0.1, 0.15) is 11.1 Å². The Balaban J connectivity index is 1.69. The Kier molecular flexibility index (Phi) is 4.96. The fraction of sp³-hybridized carbons (Fsp3) is 0.167. The number of hydrogen-bond acceptors (Lipinski definition) is 4. The number of nitrogens with one attached hydrogen (secondary N) is 1. The molecule has 1 heterocycles. The second-order valence-corrected chi connectivity index (χ2v) is 6.49. The van der Waals surface area contributed by atoms with Gasteiger partial charge < -0.3 is 5.32 Å². The Bertz CT molecular complexity index is 846. The molecule has 0 radical (unpaired) electrons. The van der Waals surface area contributed by atoms with Gasteiger partial charge in [-0.05, 0) is 37.6 Å². The van der Waals surface area contributed by atoms with E-state index in [-0.39, 0.29) is 5.91 Å². The van der Waals surface area contributed by atoms with Crippen LogP contribution in [0.15, 0.2) is 59.8 Å². The predicted molar refractivity (Wildman–Crippen MR) is 96.6 cm³/mol. The highest BCUT2D eigenvalue weighted by Gasteiger charge is 2.10. The van der Waals surface area contributed by atoms with Crippen molar-refractivity contribution < 1.29 is 4.79 Å². The number of carbonyl (C=O) groups is 1. The maximum absolute atomic E-state index is 12.3. The van der Waals surface area contributed by atoms with E-state index in [1.54, 1.807) is 28.8 Å². The summed E-state index contributed by atoms with van der Waals surface area (Å²) in [6.07, 6.45) is 3.35. The number of thioether (sulfide) groups is 1. The first-order valence-corrected chi connectivity index (χ1v) is 8.57. The van der Waals surface area contributed by atoms with Gasteiger partial charge in [0, 0.05) is 4.90 Å². The molecule has 0 aliphatic rings. The Hall–Kier alpha value is -2.60. The standard InChI is InChI=1S/C18H18N4OS/c1-13-7-8-14(2)17(11-13)24-12-18(23)20-15-5-3-4-6-16(15)22-10-9-19-21-22/h3-11H,12H2,1-2H3,(H,20,23). The second-order valence-electron chi connectivity index (χ2n) is 5.47. The zero-order chi connectivity index (χ0) is 16.9. The van der Waals surface area contributed by atoms with E-state index in [4.69, 9.17) is 0 Å². The number of anilines is 1. The minimum Gasteiger partial charge on any atom is -0.323 e. The van der Waals surface area contributed by atoms with Gasteiger partial charge in [-0.3, -0.25) is 4.79 Å². The third kappa shape index (κ3) is 3.83. The fourth-order valence-electron chi connectivity index (χ4n) is 2.31. The minimum atomic E-state index is -0.0477. The van der Waals surface area contributed by atoms with E-state index < -0.39 is 0 Å². The van der Waals surface area contributed by atoms with Crippen LogP contribution in [0.3, 0.4) is 0 Å². The minimum absolute atomic E-state index is 0.0477. The number of aryl methyl sites for hydroxylation is 2. The summed E-state index contributed by atoms with van der Waals surface area (Å²) >= 11 is 1.55. The first-order valence-electron chi connectivity index (χ1n) is 7.59. The average molecular weight is 338 g/mol. The number of para-hydroxylation sites is 2. The summed E-state index contributed by atoms with van der Waals surface area (Å²) in [5.74, 6) is 0.309. The second kappa shape index (κ2) is 7.31. The maximum atomic E-state index is 12.3. The normalized spacial score (nSPS) is 10.6. The highest BCUT2D eigenvalue weighted by atomic mass is 32.2. The van der Waals surface area contributed by atoms with Gasteiger partial charge in [0.15, 0.2) is 0 Å². The Labute approximate surface area is 145 Å². The number of amides is 1. The molecule has 0 unspecified atom stereocenters. The van der Waals surface area contributed by atoms with Gasteiger partial charge in [-0.1, -0.05) is 35.0 Å². The van der Waals surface area contributed by atoms with Crippen molar-refractivity contribution in [2.45, 2.75) is 18.7 Å². The number of aromatic nitrogens is 3. The predicted octanol–water partition coefficient (Wildman–Crippen LogP) is 3.61. The lowest BCUT2D eigenvalue weighted by atomic mass is 10.2. The summed E-state index contributed by atoms with van der Waals surface area (Å²) in [5.41, 5.74) is 3.89. The molecule has 2 aromatic carbocycles. The lowest BCUT2D eigenvalue weighted by molar-refractivity contribution is -0.113. The molecule has 6 heteroatoms. The smallest absolute Gasteiger partial charge is 0.234 e. The van der Waals surface area contributed by atoms with Crippen LogP contribution in [0.25, 0.3) is 5.69 Å². The van der Waals surface area contributed by atoms with Gasteiger partial charge in [0.25, 0.3) is 0 Å². The molecule has 0 aliphatic heterocycles. The van der Waals surface area contributed by atoms with E-state index in [9.17, 15) is 4.79 Å². The molecule has 122 valence electrons. The molecule has 24 heavy (non-hydrogen) atoms. The fourth-order valence-corrected chi connectivity index (χ4v) is 3.23. The van der Waals surface area contributed by atoms with Crippen molar-refractivity contribution in [3.05, 3.63) is 66.0 Å². The van der Waals surface area contributed by atoms with Crippen molar-refractivity contribution in [3.8, 4) is 5.69 Å². The number of rotatable bonds is 5. The van der Waals surface area contributed by atoms with Crippen molar-refractivity contribution in [1.29, 1.82) is 0 Å². The molecule has 0 bridgehead atoms. The molecule has 3 aromatic rings. The van der Waals surface area contributed by atoms with Crippen LogP contribution in [-0.4, -0.2) is 26.7 Å². The van der Waals surface area contributed by atoms with E-state index in [0.29, 0.717) is 5.75 Å². The van der Waals surface area contributed by atoms with Crippen LogP contribution in [0, 0.1) is 13.8 Å². The number of nitrogens with zero attached hydrogens (tertiary/aromatic N) is 3. The van der Waals surface area contributed by atoms with Crippen molar-refractivity contribution in [1.82, 2.24) is 15.0 Å². The molecule has 0 aliphatic carbocycles. The number of hydrogen-bond donors (Lipinski definition) is 1. The summed E-state index contributed by atoms with van der Waals surface area (Å²) in [4.78, 5) is 13.5. The van der Waals surface area contributed by atoms with Gasteiger partial charge in [-0.25, -0.2) is 4.68 Å². The van der Waals surface area contributed by atoms with E-state index in [1.165, 1.54) is 11.1 Å². The highest BCUT2D eigenvalue weighted by molar-refractivity contribution is 8.00. The molecule has 1 amide bonds. The lowest BCUT2D eigenvalue weighted by Crippen LogP contribution is -2.16. The average Bonchev–Trinajstić information content (AvgIpc) is 3.10. The van der Waals surface area contributed by atoms with Crippen LogP contribution in [0.2, 0.25) is 0 Å². The summed E-state index contributed by atoms with van der Waals surface area (Å²) in [6, 6.07) is 13.8. The molecule has 0 atom stereocenters. The SMILES string of the molecule is Cc1ccc(C)c(SCC(=O)Nc2ccccc2-n2ccnn2)c1. The largest absolute Gasteiger partial charge is 0.323 e. The van der Waals surface area contributed by atoms with Gasteiger partial charge in [0.05, 0.1) is 29.5 Å². The van der Waals surface area contributed by atoms with E-state index in [2.05, 4.69) is 47.7 Å². The van der Waals surface area contributed by atoms with Crippen molar-refractivity contribution in [3.63, 3.8) is 0 Å². The van der Waals surface area contributed by atoms with Crippen molar-refractivity contribution in [2.75, 3.05) is 11.1 Å². The highest BCUT2D eigenvalue weighted by Crippen LogP contribution is 2.24. The zero-order valence-corrected chi connectivity index (χ0v) is 14.4. The van der Waals surface area contributed by atoms with Gasteiger partial charge in [0.1, 0.15) is 0 Å². The molecule has 1 aromatic heterocycles. The van der Waals surface area contributed by atoms with Gasteiger partial charge >= 0.3 is 0 Å². The zero-order valence-electron chi connectivity index (χ0n) is 13.6. The third-order valence-corrected chi connectivity index (χ3v) is 4.71. The van der Waals surface area contributed by atoms with Crippen LogP contribution in [-0.2, 0) is 4.79 Å². The van der Waals surface area contributed by atoms with E-state index in [0.717, 1.165) is 16.3 Å². The molecule has 3 rings (SSSR count). The third-order valence-electron chi connectivity index (χ3n) is 3.55. The number of benzene rings is 2. The quantitative estimate of drug-likeness (QED) is 0.722. The maximum Gasteiger partial charge on any atom is 0.234 e. The summed E-state index contributed by atoms with van der Waals surface area (Å²) < 4.78 is 1.63. The molecule has 5 nitrogen and oxygen atoms in total.